The topological polar surface area (TPSA) is 134 Å². The predicted octanol–water partition coefficient (Wildman–Crippen LogP) is 0.108. The van der Waals surface area contributed by atoms with E-state index < -0.39 is 41.7 Å². The third-order valence-corrected chi connectivity index (χ3v) is 4.89. The summed E-state index contributed by atoms with van der Waals surface area (Å²) < 4.78 is 19.4. The second-order valence-corrected chi connectivity index (χ2v) is 6.55. The van der Waals surface area contributed by atoms with Crippen LogP contribution >= 0.6 is 11.8 Å². The van der Waals surface area contributed by atoms with Gasteiger partial charge in [0.2, 0.25) is 12.2 Å². The number of carbonyl (C=O) groups excluding carboxylic acids is 4. The first kappa shape index (κ1) is 20.0. The molecular weight excluding hydrogens is 368 g/mol. The molecule has 0 aromatic rings. The largest absolute Gasteiger partial charge is 0.511 e. The molecule has 2 rings (SSSR count). The van der Waals surface area contributed by atoms with Crippen molar-refractivity contribution in [1.82, 2.24) is 4.90 Å². The molecule has 0 aromatic heterocycles. The number of hydrogen-bond donors (Lipinski definition) is 1. The number of esters is 2. The lowest BCUT2D eigenvalue weighted by Gasteiger charge is -2.48. The Hall–Kier alpha value is -2.27. The van der Waals surface area contributed by atoms with E-state index >= 15 is 0 Å². The normalized spacial score (nSPS) is 22.8. The standard InChI is InChI=1S/C15H20N2O8S/c1-4-22-15(21)25-8(3)24-14(20)11-9(5-23-7(2)18)6-26-13-10(16)12(19)17(11)13/h8,10,13H,4-6,16H2,1-3H3/t8?,10?,13-/m1/s1. The second-order valence-electron chi connectivity index (χ2n) is 5.44. The molecule has 0 aliphatic carbocycles. The van der Waals surface area contributed by atoms with E-state index in [4.69, 9.17) is 19.9 Å². The van der Waals surface area contributed by atoms with Crippen LogP contribution in [0.5, 0.6) is 0 Å². The minimum absolute atomic E-state index is 0.0407. The highest BCUT2D eigenvalue weighted by atomic mass is 32.2. The summed E-state index contributed by atoms with van der Waals surface area (Å²) in [6.45, 7) is 4.11. The van der Waals surface area contributed by atoms with Gasteiger partial charge in [0.15, 0.2) is 0 Å². The molecule has 0 bridgehead atoms. The van der Waals surface area contributed by atoms with Crippen LogP contribution in [0.25, 0.3) is 0 Å². The first-order valence-electron chi connectivity index (χ1n) is 7.86. The summed E-state index contributed by atoms with van der Waals surface area (Å²) in [4.78, 5) is 48.2. The zero-order chi connectivity index (χ0) is 19.4. The first-order valence-corrected chi connectivity index (χ1v) is 8.91. The van der Waals surface area contributed by atoms with E-state index in [1.807, 2.05) is 0 Å². The molecule has 0 saturated carbocycles. The Kier molecular flexibility index (Phi) is 6.48. The van der Waals surface area contributed by atoms with Gasteiger partial charge in [0.25, 0.3) is 0 Å². The van der Waals surface area contributed by atoms with Crippen molar-refractivity contribution in [2.75, 3.05) is 19.0 Å². The van der Waals surface area contributed by atoms with E-state index in [9.17, 15) is 19.2 Å². The van der Waals surface area contributed by atoms with Crippen molar-refractivity contribution in [1.29, 1.82) is 0 Å². The number of thioether (sulfide) groups is 1. The zero-order valence-corrected chi connectivity index (χ0v) is 15.4. The minimum atomic E-state index is -1.23. The van der Waals surface area contributed by atoms with Gasteiger partial charge in [-0.05, 0) is 6.92 Å². The van der Waals surface area contributed by atoms with Gasteiger partial charge in [0.1, 0.15) is 23.7 Å². The minimum Gasteiger partial charge on any atom is -0.461 e. The Morgan fingerprint density at radius 1 is 1.31 bits per heavy atom. The van der Waals surface area contributed by atoms with Crippen LogP contribution in [-0.2, 0) is 33.3 Å². The van der Waals surface area contributed by atoms with Gasteiger partial charge < -0.3 is 24.7 Å². The van der Waals surface area contributed by atoms with Crippen molar-refractivity contribution >= 4 is 35.8 Å². The number of hydrogen-bond acceptors (Lipinski definition) is 10. The highest BCUT2D eigenvalue weighted by molar-refractivity contribution is 8.00. The van der Waals surface area contributed by atoms with Gasteiger partial charge in [-0.3, -0.25) is 14.5 Å². The Labute approximate surface area is 153 Å². The molecule has 2 N–H and O–H groups in total. The summed E-state index contributed by atoms with van der Waals surface area (Å²) in [5.41, 5.74) is 6.12. The highest BCUT2D eigenvalue weighted by Crippen LogP contribution is 2.39. The van der Waals surface area contributed by atoms with E-state index in [-0.39, 0.29) is 18.9 Å². The van der Waals surface area contributed by atoms with E-state index in [1.165, 1.54) is 30.5 Å². The SMILES string of the molecule is CCOC(=O)OC(C)OC(=O)C1=C(COC(C)=O)CS[C@@H]2C(N)C(=O)N12. The fourth-order valence-corrected chi connectivity index (χ4v) is 3.66. The van der Waals surface area contributed by atoms with Crippen molar-refractivity contribution in [3.63, 3.8) is 0 Å². The summed E-state index contributed by atoms with van der Waals surface area (Å²) in [6.07, 6.45) is -2.22. The van der Waals surface area contributed by atoms with Crippen LogP contribution in [0.4, 0.5) is 4.79 Å². The van der Waals surface area contributed by atoms with Gasteiger partial charge in [-0.15, -0.1) is 11.8 Å². The number of rotatable bonds is 6. The van der Waals surface area contributed by atoms with Crippen molar-refractivity contribution in [3.05, 3.63) is 11.3 Å². The zero-order valence-electron chi connectivity index (χ0n) is 14.6. The Bertz CT molecular complexity index is 650. The number of β-lactam (4-membered cyclic amide) rings is 1. The molecule has 2 aliphatic heterocycles. The maximum absolute atomic E-state index is 12.5. The van der Waals surface area contributed by atoms with Crippen LogP contribution < -0.4 is 5.73 Å². The fraction of sp³-hybridized carbons (Fsp3) is 0.600. The summed E-state index contributed by atoms with van der Waals surface area (Å²) in [5.74, 6) is -1.50. The van der Waals surface area contributed by atoms with Gasteiger partial charge in [-0.25, -0.2) is 9.59 Å². The number of ether oxygens (including phenoxy) is 4. The molecule has 3 atom stereocenters. The number of nitrogens with zero attached hydrogens (tertiary/aromatic N) is 1. The van der Waals surface area contributed by atoms with Gasteiger partial charge in [0.05, 0.1) is 6.61 Å². The monoisotopic (exact) mass is 388 g/mol. The van der Waals surface area contributed by atoms with Gasteiger partial charge >= 0.3 is 18.1 Å². The van der Waals surface area contributed by atoms with Crippen LogP contribution in [0.3, 0.4) is 0 Å². The van der Waals surface area contributed by atoms with Crippen molar-refractivity contribution < 1.29 is 38.1 Å². The molecule has 11 heteroatoms. The maximum Gasteiger partial charge on any atom is 0.511 e. The number of amides is 1. The Morgan fingerprint density at radius 3 is 2.62 bits per heavy atom. The van der Waals surface area contributed by atoms with E-state index in [2.05, 4.69) is 4.74 Å². The van der Waals surface area contributed by atoms with Crippen LogP contribution in [-0.4, -0.2) is 65.6 Å². The third kappa shape index (κ3) is 4.28. The van der Waals surface area contributed by atoms with Gasteiger partial charge in [-0.1, -0.05) is 0 Å². The molecule has 2 aliphatic rings. The van der Waals surface area contributed by atoms with Gasteiger partial charge in [-0.2, -0.15) is 0 Å². The maximum atomic E-state index is 12.5. The quantitative estimate of drug-likeness (QED) is 0.289. The number of fused-ring (bicyclic) bond motifs is 1. The molecule has 2 unspecified atom stereocenters. The molecule has 10 nitrogen and oxygen atoms in total. The molecule has 26 heavy (non-hydrogen) atoms. The summed E-state index contributed by atoms with van der Waals surface area (Å²) in [5, 5.41) is -0.396. The van der Waals surface area contributed by atoms with Crippen molar-refractivity contribution in [2.24, 2.45) is 5.73 Å². The van der Waals surface area contributed by atoms with E-state index in [0.29, 0.717) is 11.3 Å². The molecule has 144 valence electrons. The molecule has 2 heterocycles. The van der Waals surface area contributed by atoms with Crippen molar-refractivity contribution in [3.8, 4) is 0 Å². The van der Waals surface area contributed by atoms with Crippen molar-refractivity contribution in [2.45, 2.75) is 38.5 Å². The lowest BCUT2D eigenvalue weighted by atomic mass is 10.0. The molecule has 1 fully saturated rings. The van der Waals surface area contributed by atoms with E-state index in [0.717, 1.165) is 0 Å². The lowest BCUT2D eigenvalue weighted by Crippen LogP contribution is -2.68. The van der Waals surface area contributed by atoms with Gasteiger partial charge in [0, 0.05) is 25.2 Å². The summed E-state index contributed by atoms with van der Waals surface area (Å²) in [7, 11) is 0. The van der Waals surface area contributed by atoms with Crippen LogP contribution in [0, 0.1) is 0 Å². The lowest BCUT2D eigenvalue weighted by molar-refractivity contribution is -0.168. The average Bonchev–Trinajstić information content (AvgIpc) is 2.58. The van der Waals surface area contributed by atoms with E-state index in [1.54, 1.807) is 6.92 Å². The molecule has 0 spiro atoms. The smallest absolute Gasteiger partial charge is 0.461 e. The van der Waals surface area contributed by atoms with Crippen LogP contribution in [0.2, 0.25) is 0 Å². The third-order valence-electron chi connectivity index (χ3n) is 3.53. The average molecular weight is 388 g/mol. The second kappa shape index (κ2) is 8.41. The molecule has 0 radical (unpaired) electrons. The first-order chi connectivity index (χ1) is 12.3. The molecule has 1 saturated heterocycles. The molecule has 1 amide bonds. The Balaban J connectivity index is 2.15. The number of carbonyl (C=O) groups is 4. The summed E-state index contributed by atoms with van der Waals surface area (Å²) in [6, 6.07) is -0.716. The number of nitrogens with two attached hydrogens (primary N) is 1. The highest BCUT2D eigenvalue weighted by Gasteiger charge is 2.52. The van der Waals surface area contributed by atoms with Crippen LogP contribution in [0.15, 0.2) is 11.3 Å². The fourth-order valence-electron chi connectivity index (χ4n) is 2.39. The summed E-state index contributed by atoms with van der Waals surface area (Å²) >= 11 is 1.36. The predicted molar refractivity (Wildman–Crippen MR) is 88.4 cm³/mol. The Morgan fingerprint density at radius 2 is 2.00 bits per heavy atom. The molecular formula is C15H20N2O8S. The van der Waals surface area contributed by atoms with Crippen LogP contribution in [0.1, 0.15) is 20.8 Å². The molecule has 0 aromatic carbocycles.